The fourth-order valence-electron chi connectivity index (χ4n) is 3.51. The van der Waals surface area contributed by atoms with E-state index in [1.807, 2.05) is 35.2 Å². The molecule has 1 N–H and O–H groups in total. The molecule has 0 bridgehead atoms. The lowest BCUT2D eigenvalue weighted by Gasteiger charge is -2.35. The molecule has 0 aliphatic carbocycles. The van der Waals surface area contributed by atoms with Crippen LogP contribution in [0, 0.1) is 0 Å². The summed E-state index contributed by atoms with van der Waals surface area (Å²) < 4.78 is 0. The molecule has 2 heterocycles. The third-order valence-corrected chi connectivity index (χ3v) is 6.32. The van der Waals surface area contributed by atoms with Crippen LogP contribution in [0.15, 0.2) is 59.5 Å². The standard InChI is InChI=1S/C21H23N3O2S/c25-20(14-19-21(26)22-17-8-4-5-9-18(17)27-19)24-12-10-23(11-13-24)15-16-6-2-1-3-7-16/h1-9,19H,10-15H2,(H,22,26). The number of piperazine rings is 1. The van der Waals surface area contributed by atoms with E-state index >= 15 is 0 Å². The number of nitrogens with zero attached hydrogens (tertiary/aromatic N) is 2. The van der Waals surface area contributed by atoms with Crippen LogP contribution >= 0.6 is 11.8 Å². The molecule has 6 heteroatoms. The molecule has 2 aliphatic heterocycles. The first-order chi connectivity index (χ1) is 13.2. The minimum atomic E-state index is -0.352. The van der Waals surface area contributed by atoms with Gasteiger partial charge in [-0.15, -0.1) is 11.8 Å². The molecule has 0 saturated carbocycles. The molecule has 0 radical (unpaired) electrons. The van der Waals surface area contributed by atoms with Crippen LogP contribution in [0.2, 0.25) is 0 Å². The number of nitrogens with one attached hydrogen (secondary N) is 1. The zero-order valence-corrected chi connectivity index (χ0v) is 16.0. The first kappa shape index (κ1) is 18.1. The second kappa shape index (κ2) is 8.15. The highest BCUT2D eigenvalue weighted by Gasteiger charge is 2.31. The Hall–Kier alpha value is -2.31. The Balaban J connectivity index is 1.29. The van der Waals surface area contributed by atoms with Crippen molar-refractivity contribution in [1.82, 2.24) is 9.80 Å². The van der Waals surface area contributed by atoms with Gasteiger partial charge in [0, 0.05) is 44.0 Å². The SMILES string of the molecule is O=C1Nc2ccccc2SC1CC(=O)N1CCN(Cc2ccccc2)CC1. The van der Waals surface area contributed by atoms with Crippen molar-refractivity contribution in [3.05, 3.63) is 60.2 Å². The van der Waals surface area contributed by atoms with Crippen LogP contribution in [0.5, 0.6) is 0 Å². The summed E-state index contributed by atoms with van der Waals surface area (Å²) in [6.45, 7) is 4.10. The molecule has 2 amide bonds. The van der Waals surface area contributed by atoms with Gasteiger partial charge in [0.15, 0.2) is 0 Å². The number of hydrogen-bond donors (Lipinski definition) is 1. The number of hydrogen-bond acceptors (Lipinski definition) is 4. The van der Waals surface area contributed by atoms with E-state index in [4.69, 9.17) is 0 Å². The van der Waals surface area contributed by atoms with Crippen molar-refractivity contribution in [2.45, 2.75) is 23.1 Å². The number of rotatable bonds is 4. The third-order valence-electron chi connectivity index (χ3n) is 5.04. The van der Waals surface area contributed by atoms with Crippen molar-refractivity contribution in [2.75, 3.05) is 31.5 Å². The molecular formula is C21H23N3O2S. The Kier molecular flexibility index (Phi) is 5.45. The Labute approximate surface area is 163 Å². The number of amides is 2. The number of thioether (sulfide) groups is 1. The Morgan fingerprint density at radius 2 is 1.70 bits per heavy atom. The summed E-state index contributed by atoms with van der Waals surface area (Å²) in [7, 11) is 0. The van der Waals surface area contributed by atoms with Crippen LogP contribution < -0.4 is 5.32 Å². The first-order valence-corrected chi connectivity index (χ1v) is 10.2. The van der Waals surface area contributed by atoms with E-state index in [2.05, 4.69) is 34.5 Å². The van der Waals surface area contributed by atoms with Crippen LogP contribution in [0.1, 0.15) is 12.0 Å². The molecule has 2 aromatic rings. The summed E-state index contributed by atoms with van der Waals surface area (Å²) in [6, 6.07) is 18.1. The van der Waals surface area contributed by atoms with Crippen molar-refractivity contribution < 1.29 is 9.59 Å². The highest BCUT2D eigenvalue weighted by atomic mass is 32.2. The van der Waals surface area contributed by atoms with Gasteiger partial charge in [-0.05, 0) is 17.7 Å². The first-order valence-electron chi connectivity index (χ1n) is 9.29. The maximum Gasteiger partial charge on any atom is 0.238 e. The highest BCUT2D eigenvalue weighted by Crippen LogP contribution is 2.36. The van der Waals surface area contributed by atoms with Gasteiger partial charge in [-0.3, -0.25) is 14.5 Å². The highest BCUT2D eigenvalue weighted by molar-refractivity contribution is 8.01. The summed E-state index contributed by atoms with van der Waals surface area (Å²) >= 11 is 1.49. The summed E-state index contributed by atoms with van der Waals surface area (Å²) in [6.07, 6.45) is 0.253. The van der Waals surface area contributed by atoms with Crippen molar-refractivity contribution in [2.24, 2.45) is 0 Å². The number of anilines is 1. The zero-order valence-electron chi connectivity index (χ0n) is 15.1. The maximum absolute atomic E-state index is 12.7. The number of carbonyl (C=O) groups excluding carboxylic acids is 2. The smallest absolute Gasteiger partial charge is 0.238 e. The Morgan fingerprint density at radius 1 is 1.00 bits per heavy atom. The second-order valence-corrected chi connectivity index (χ2v) is 8.18. The lowest BCUT2D eigenvalue weighted by molar-refractivity contribution is -0.134. The molecule has 1 unspecified atom stereocenters. The monoisotopic (exact) mass is 381 g/mol. The van der Waals surface area contributed by atoms with E-state index in [0.29, 0.717) is 0 Å². The predicted octanol–water partition coefficient (Wildman–Crippen LogP) is 2.83. The van der Waals surface area contributed by atoms with Crippen LogP contribution in [-0.4, -0.2) is 53.0 Å². The van der Waals surface area contributed by atoms with Crippen molar-refractivity contribution in [3.8, 4) is 0 Å². The summed E-state index contributed by atoms with van der Waals surface area (Å²) in [5.41, 5.74) is 2.14. The molecule has 5 nitrogen and oxygen atoms in total. The van der Waals surface area contributed by atoms with Crippen LogP contribution in [0.25, 0.3) is 0 Å². The molecule has 1 saturated heterocycles. The van der Waals surface area contributed by atoms with E-state index in [1.54, 1.807) is 0 Å². The van der Waals surface area contributed by atoms with E-state index in [-0.39, 0.29) is 23.5 Å². The molecule has 2 aromatic carbocycles. The average Bonchev–Trinajstić information content (AvgIpc) is 2.70. The van der Waals surface area contributed by atoms with Gasteiger partial charge in [-0.1, -0.05) is 42.5 Å². The molecule has 2 aliphatic rings. The van der Waals surface area contributed by atoms with Crippen LogP contribution in [0.4, 0.5) is 5.69 Å². The summed E-state index contributed by atoms with van der Waals surface area (Å²) in [5.74, 6) is -0.00356. The summed E-state index contributed by atoms with van der Waals surface area (Å²) in [4.78, 5) is 30.3. The quantitative estimate of drug-likeness (QED) is 0.885. The van der Waals surface area contributed by atoms with Crippen molar-refractivity contribution in [3.63, 3.8) is 0 Å². The molecule has 4 rings (SSSR count). The molecule has 1 atom stereocenters. The van der Waals surface area contributed by atoms with Crippen LogP contribution in [0.3, 0.4) is 0 Å². The van der Waals surface area contributed by atoms with E-state index in [0.717, 1.165) is 43.3 Å². The average molecular weight is 382 g/mol. The van der Waals surface area contributed by atoms with Gasteiger partial charge in [0.2, 0.25) is 11.8 Å². The van der Waals surface area contributed by atoms with Gasteiger partial charge in [-0.2, -0.15) is 0 Å². The minimum Gasteiger partial charge on any atom is -0.340 e. The number of benzene rings is 2. The van der Waals surface area contributed by atoms with Crippen molar-refractivity contribution >= 4 is 29.3 Å². The topological polar surface area (TPSA) is 52.7 Å². The van der Waals surface area contributed by atoms with Gasteiger partial charge in [0.05, 0.1) is 10.9 Å². The lowest BCUT2D eigenvalue weighted by Crippen LogP contribution is -2.49. The van der Waals surface area contributed by atoms with Crippen LogP contribution in [-0.2, 0) is 16.1 Å². The molecule has 0 spiro atoms. The Morgan fingerprint density at radius 3 is 2.48 bits per heavy atom. The second-order valence-electron chi connectivity index (χ2n) is 6.94. The Bertz CT molecular complexity index is 819. The molecule has 0 aromatic heterocycles. The number of fused-ring (bicyclic) bond motifs is 1. The van der Waals surface area contributed by atoms with Gasteiger partial charge in [0.1, 0.15) is 0 Å². The lowest BCUT2D eigenvalue weighted by atomic mass is 10.2. The van der Waals surface area contributed by atoms with E-state index in [1.165, 1.54) is 17.3 Å². The largest absolute Gasteiger partial charge is 0.340 e. The third kappa shape index (κ3) is 4.34. The fourth-order valence-corrected chi connectivity index (χ4v) is 4.61. The zero-order chi connectivity index (χ0) is 18.6. The van der Waals surface area contributed by atoms with E-state index in [9.17, 15) is 9.59 Å². The molecule has 27 heavy (non-hydrogen) atoms. The fraction of sp³-hybridized carbons (Fsp3) is 0.333. The van der Waals surface area contributed by atoms with Gasteiger partial charge in [-0.25, -0.2) is 0 Å². The van der Waals surface area contributed by atoms with Gasteiger partial charge >= 0.3 is 0 Å². The number of para-hydroxylation sites is 1. The van der Waals surface area contributed by atoms with Gasteiger partial charge in [0.25, 0.3) is 0 Å². The minimum absolute atomic E-state index is 0.0707. The summed E-state index contributed by atoms with van der Waals surface area (Å²) in [5, 5.41) is 2.56. The van der Waals surface area contributed by atoms with Gasteiger partial charge < -0.3 is 10.2 Å². The maximum atomic E-state index is 12.7. The number of carbonyl (C=O) groups is 2. The molecule has 1 fully saturated rings. The van der Waals surface area contributed by atoms with Crippen molar-refractivity contribution in [1.29, 1.82) is 0 Å². The molecule has 140 valence electrons. The predicted molar refractivity (Wildman–Crippen MR) is 108 cm³/mol. The molecular weight excluding hydrogens is 358 g/mol. The normalized spacial score (nSPS) is 20.1. The van der Waals surface area contributed by atoms with E-state index < -0.39 is 0 Å².